The summed E-state index contributed by atoms with van der Waals surface area (Å²) in [4.78, 5) is 11.7. The number of allylic oxidation sites excluding steroid dienone is 1. The van der Waals surface area contributed by atoms with E-state index in [1.165, 1.54) is 0 Å². The number of hydrogen-bond donors (Lipinski definition) is 1. The third-order valence-corrected chi connectivity index (χ3v) is 3.86. The van der Waals surface area contributed by atoms with Gasteiger partial charge in [0.2, 0.25) is 0 Å². The molecule has 3 atom stereocenters. The molecule has 0 aromatic heterocycles. The fraction of sp³-hybridized carbons (Fsp3) is 0.727. The fourth-order valence-electron chi connectivity index (χ4n) is 2.87. The minimum absolute atomic E-state index is 0.0985. The van der Waals surface area contributed by atoms with Crippen LogP contribution in [0.1, 0.15) is 27.2 Å². The van der Waals surface area contributed by atoms with Crippen molar-refractivity contribution < 1.29 is 9.90 Å². The van der Waals surface area contributed by atoms with E-state index in [0.29, 0.717) is 17.4 Å². The van der Waals surface area contributed by atoms with E-state index in [0.717, 1.165) is 12.7 Å². The standard InChI is InChI=1S/C11H16O2/c1-6-4-8-9(11(8,2)3)7(5-12)10(6)13/h5-6,8-9,12H,4H2,1-3H3/b7-5+/t6-,8-,9+/m0/s1. The summed E-state index contributed by atoms with van der Waals surface area (Å²) in [5.74, 6) is 1.18. The maximum Gasteiger partial charge on any atom is 0.165 e. The highest BCUT2D eigenvalue weighted by Gasteiger charge is 2.63. The first-order valence-corrected chi connectivity index (χ1v) is 4.88. The van der Waals surface area contributed by atoms with E-state index in [1.807, 2.05) is 6.92 Å². The van der Waals surface area contributed by atoms with Crippen LogP contribution in [0, 0.1) is 23.2 Å². The van der Waals surface area contributed by atoms with Crippen molar-refractivity contribution in [1.82, 2.24) is 0 Å². The van der Waals surface area contributed by atoms with E-state index < -0.39 is 0 Å². The number of ketones is 1. The Morgan fingerprint density at radius 1 is 1.54 bits per heavy atom. The molecular weight excluding hydrogens is 164 g/mol. The third kappa shape index (κ3) is 0.976. The zero-order valence-corrected chi connectivity index (χ0v) is 8.37. The molecule has 0 radical (unpaired) electrons. The second-order valence-electron chi connectivity index (χ2n) is 4.99. The molecule has 0 aliphatic heterocycles. The van der Waals surface area contributed by atoms with E-state index in [4.69, 9.17) is 5.11 Å². The molecule has 0 spiro atoms. The van der Waals surface area contributed by atoms with Crippen LogP contribution in [0.15, 0.2) is 11.8 Å². The molecule has 72 valence electrons. The predicted octanol–water partition coefficient (Wildman–Crippen LogP) is 2.31. The number of hydrogen-bond acceptors (Lipinski definition) is 2. The van der Waals surface area contributed by atoms with Gasteiger partial charge >= 0.3 is 0 Å². The van der Waals surface area contributed by atoms with E-state index in [2.05, 4.69) is 13.8 Å². The predicted molar refractivity (Wildman–Crippen MR) is 50.3 cm³/mol. The number of aliphatic hydroxyl groups is 1. The number of carbonyl (C=O) groups is 1. The summed E-state index contributed by atoms with van der Waals surface area (Å²) in [6.07, 6.45) is 2.03. The average molecular weight is 180 g/mol. The van der Waals surface area contributed by atoms with Crippen molar-refractivity contribution in [3.8, 4) is 0 Å². The number of carbonyl (C=O) groups excluding carboxylic acids is 1. The van der Waals surface area contributed by atoms with Crippen LogP contribution >= 0.6 is 0 Å². The molecule has 0 heterocycles. The Bertz CT molecular complexity index is 288. The minimum Gasteiger partial charge on any atom is -0.515 e. The van der Waals surface area contributed by atoms with Crippen LogP contribution < -0.4 is 0 Å². The monoisotopic (exact) mass is 180 g/mol. The van der Waals surface area contributed by atoms with Gasteiger partial charge in [0.1, 0.15) is 0 Å². The molecule has 2 aliphatic carbocycles. The van der Waals surface area contributed by atoms with Gasteiger partial charge in [0, 0.05) is 11.5 Å². The minimum atomic E-state index is 0.0985. The van der Waals surface area contributed by atoms with E-state index in [-0.39, 0.29) is 17.1 Å². The Kier molecular flexibility index (Phi) is 1.60. The number of Topliss-reactive ketones (excluding diaryl/α,β-unsaturated/α-hetero) is 1. The van der Waals surface area contributed by atoms with Crippen LogP contribution in [-0.4, -0.2) is 10.9 Å². The molecule has 2 nitrogen and oxygen atoms in total. The van der Waals surface area contributed by atoms with Gasteiger partial charge in [-0.3, -0.25) is 4.79 Å². The quantitative estimate of drug-likeness (QED) is 0.459. The molecule has 1 N–H and O–H groups in total. The fourth-order valence-corrected chi connectivity index (χ4v) is 2.87. The molecule has 2 saturated carbocycles. The molecule has 0 bridgehead atoms. The summed E-state index contributed by atoms with van der Waals surface area (Å²) in [5.41, 5.74) is 0.892. The Morgan fingerprint density at radius 2 is 2.15 bits per heavy atom. The highest BCUT2D eigenvalue weighted by Crippen LogP contribution is 2.66. The number of aliphatic hydroxyl groups excluding tert-OH is 1. The molecule has 2 fully saturated rings. The van der Waals surface area contributed by atoms with Gasteiger partial charge in [-0.2, -0.15) is 0 Å². The first-order chi connectivity index (χ1) is 6.00. The molecule has 0 amide bonds. The third-order valence-electron chi connectivity index (χ3n) is 3.86. The van der Waals surface area contributed by atoms with E-state index in [9.17, 15) is 4.79 Å². The van der Waals surface area contributed by atoms with Crippen LogP contribution in [0.4, 0.5) is 0 Å². The Hall–Kier alpha value is -0.790. The molecule has 2 heteroatoms. The lowest BCUT2D eigenvalue weighted by Crippen LogP contribution is -2.20. The van der Waals surface area contributed by atoms with Gasteiger partial charge < -0.3 is 5.11 Å². The highest BCUT2D eigenvalue weighted by atomic mass is 16.2. The topological polar surface area (TPSA) is 37.3 Å². The highest BCUT2D eigenvalue weighted by molar-refractivity contribution is 5.99. The normalized spacial score (nSPS) is 44.7. The zero-order valence-electron chi connectivity index (χ0n) is 8.37. The Morgan fingerprint density at radius 3 is 2.69 bits per heavy atom. The van der Waals surface area contributed by atoms with Crippen molar-refractivity contribution >= 4 is 5.78 Å². The summed E-state index contributed by atoms with van der Waals surface area (Å²) in [5, 5.41) is 9.03. The van der Waals surface area contributed by atoms with Gasteiger partial charge in [-0.05, 0) is 23.7 Å². The maximum atomic E-state index is 11.7. The Balaban J connectivity index is 2.32. The molecule has 2 rings (SSSR count). The van der Waals surface area contributed by atoms with Crippen LogP contribution in [0.2, 0.25) is 0 Å². The van der Waals surface area contributed by atoms with Gasteiger partial charge in [0.05, 0.1) is 6.26 Å². The van der Waals surface area contributed by atoms with Crippen molar-refractivity contribution in [3.05, 3.63) is 11.8 Å². The summed E-state index contributed by atoms with van der Waals surface area (Å²) in [6, 6.07) is 0. The molecule has 0 aromatic carbocycles. The largest absolute Gasteiger partial charge is 0.515 e. The van der Waals surface area contributed by atoms with Crippen molar-refractivity contribution in [1.29, 1.82) is 0 Å². The van der Waals surface area contributed by atoms with Crippen molar-refractivity contribution in [2.24, 2.45) is 23.2 Å². The van der Waals surface area contributed by atoms with Gasteiger partial charge in [0.15, 0.2) is 5.78 Å². The van der Waals surface area contributed by atoms with Gasteiger partial charge in [-0.1, -0.05) is 20.8 Å². The molecule has 2 aliphatic rings. The van der Waals surface area contributed by atoms with Gasteiger partial charge in [-0.25, -0.2) is 0 Å². The first kappa shape index (κ1) is 8.79. The molecule has 0 saturated heterocycles. The lowest BCUT2D eigenvalue weighted by atomic mass is 9.86. The average Bonchev–Trinajstić information content (AvgIpc) is 2.57. The van der Waals surface area contributed by atoms with E-state index >= 15 is 0 Å². The molecule has 0 unspecified atom stereocenters. The summed E-state index contributed by atoms with van der Waals surface area (Å²) in [7, 11) is 0. The van der Waals surface area contributed by atoms with Crippen LogP contribution in [-0.2, 0) is 4.79 Å². The van der Waals surface area contributed by atoms with E-state index in [1.54, 1.807) is 0 Å². The SMILES string of the molecule is C[C@H]1C[C@H]2[C@@H](/C(=C\O)C1=O)C2(C)C. The van der Waals surface area contributed by atoms with Gasteiger partial charge in [0.25, 0.3) is 0 Å². The number of rotatable bonds is 0. The van der Waals surface area contributed by atoms with Crippen LogP contribution in [0.3, 0.4) is 0 Å². The van der Waals surface area contributed by atoms with Crippen molar-refractivity contribution in [3.63, 3.8) is 0 Å². The number of fused-ring (bicyclic) bond motifs is 1. The molecular formula is C11H16O2. The summed E-state index contributed by atoms with van der Waals surface area (Å²) < 4.78 is 0. The van der Waals surface area contributed by atoms with Crippen molar-refractivity contribution in [2.45, 2.75) is 27.2 Å². The second kappa shape index (κ2) is 2.37. The lowest BCUT2D eigenvalue weighted by Gasteiger charge is -2.16. The maximum absolute atomic E-state index is 11.7. The smallest absolute Gasteiger partial charge is 0.165 e. The van der Waals surface area contributed by atoms with Crippen LogP contribution in [0.5, 0.6) is 0 Å². The second-order valence-corrected chi connectivity index (χ2v) is 4.99. The zero-order chi connectivity index (χ0) is 9.80. The summed E-state index contributed by atoms with van der Waals surface area (Å²) >= 11 is 0. The Labute approximate surface area is 78.6 Å². The molecule has 13 heavy (non-hydrogen) atoms. The molecule has 0 aromatic rings. The summed E-state index contributed by atoms with van der Waals surface area (Å²) in [6.45, 7) is 6.31. The first-order valence-electron chi connectivity index (χ1n) is 4.88. The van der Waals surface area contributed by atoms with Crippen molar-refractivity contribution in [2.75, 3.05) is 0 Å². The van der Waals surface area contributed by atoms with Gasteiger partial charge in [-0.15, -0.1) is 0 Å². The lowest BCUT2D eigenvalue weighted by molar-refractivity contribution is -0.120. The van der Waals surface area contributed by atoms with Crippen LogP contribution in [0.25, 0.3) is 0 Å².